The van der Waals surface area contributed by atoms with Crippen LogP contribution in [0.1, 0.15) is 41.6 Å². The highest BCUT2D eigenvalue weighted by molar-refractivity contribution is 5.94. The van der Waals surface area contributed by atoms with E-state index in [-0.39, 0.29) is 5.56 Å². The number of carboxylic acids is 1. The highest BCUT2D eigenvalue weighted by atomic mass is 16.4. The smallest absolute Gasteiger partial charge is 0.337 e. The van der Waals surface area contributed by atoms with E-state index in [1.165, 1.54) is 0 Å². The number of aryl methyl sites for hydroxylation is 1. The Morgan fingerprint density at radius 3 is 2.67 bits per heavy atom. The molecule has 1 fully saturated rings. The topological polar surface area (TPSA) is 69.6 Å². The van der Waals surface area contributed by atoms with Crippen molar-refractivity contribution in [3.8, 4) is 0 Å². The Balaban J connectivity index is 2.12. The quantitative estimate of drug-likeness (QED) is 0.766. The molecule has 1 aliphatic carbocycles. The summed E-state index contributed by atoms with van der Waals surface area (Å²) >= 11 is 0. The van der Waals surface area contributed by atoms with Crippen LogP contribution in [0.2, 0.25) is 0 Å². The third kappa shape index (κ3) is 2.82. The van der Waals surface area contributed by atoms with E-state index in [0.717, 1.165) is 31.2 Å². The number of aliphatic hydroxyl groups is 1. The number of aromatic carboxylic acids is 1. The van der Waals surface area contributed by atoms with Crippen molar-refractivity contribution in [3.05, 3.63) is 29.3 Å². The predicted molar refractivity (Wildman–Crippen MR) is 70.0 cm³/mol. The minimum absolute atomic E-state index is 0.252. The van der Waals surface area contributed by atoms with Gasteiger partial charge in [0, 0.05) is 12.2 Å². The van der Waals surface area contributed by atoms with Gasteiger partial charge in [0.05, 0.1) is 11.2 Å². The lowest BCUT2D eigenvalue weighted by Crippen LogP contribution is -2.33. The van der Waals surface area contributed by atoms with Crippen LogP contribution in [0.5, 0.6) is 0 Å². The van der Waals surface area contributed by atoms with Gasteiger partial charge in [0.25, 0.3) is 0 Å². The van der Waals surface area contributed by atoms with Crippen molar-refractivity contribution in [3.63, 3.8) is 0 Å². The maximum absolute atomic E-state index is 11.1. The van der Waals surface area contributed by atoms with E-state index in [9.17, 15) is 9.90 Å². The van der Waals surface area contributed by atoms with Gasteiger partial charge in [-0.3, -0.25) is 0 Å². The van der Waals surface area contributed by atoms with Gasteiger partial charge >= 0.3 is 5.97 Å². The molecule has 4 heteroatoms. The number of hydrogen-bond donors (Lipinski definition) is 3. The van der Waals surface area contributed by atoms with E-state index < -0.39 is 11.6 Å². The van der Waals surface area contributed by atoms with Gasteiger partial charge in [-0.2, -0.15) is 0 Å². The maximum atomic E-state index is 11.1. The molecule has 0 amide bonds. The zero-order valence-electron chi connectivity index (χ0n) is 10.6. The maximum Gasteiger partial charge on any atom is 0.337 e. The van der Waals surface area contributed by atoms with Gasteiger partial charge in [0.1, 0.15) is 0 Å². The lowest BCUT2D eigenvalue weighted by atomic mass is 10.0. The van der Waals surface area contributed by atoms with E-state index >= 15 is 0 Å². The summed E-state index contributed by atoms with van der Waals surface area (Å²) in [6.45, 7) is 2.33. The minimum atomic E-state index is -0.948. The standard InChI is InChI=1S/C14H19NO3/c1-10-4-5-11(13(16)17)12(8-10)15-9-14(18)6-2-3-7-14/h4-5,8,15,18H,2-3,6-7,9H2,1H3,(H,16,17). The van der Waals surface area contributed by atoms with E-state index in [0.29, 0.717) is 12.2 Å². The summed E-state index contributed by atoms with van der Waals surface area (Å²) in [5.74, 6) is -0.948. The first-order valence-corrected chi connectivity index (χ1v) is 6.30. The monoisotopic (exact) mass is 249 g/mol. The zero-order valence-corrected chi connectivity index (χ0v) is 10.6. The van der Waals surface area contributed by atoms with Crippen molar-refractivity contribution in [2.24, 2.45) is 0 Å². The van der Waals surface area contributed by atoms with Gasteiger partial charge in [-0.05, 0) is 37.5 Å². The van der Waals surface area contributed by atoms with E-state index in [1.807, 2.05) is 13.0 Å². The van der Waals surface area contributed by atoms with Crippen molar-refractivity contribution >= 4 is 11.7 Å². The van der Waals surface area contributed by atoms with Crippen molar-refractivity contribution in [1.29, 1.82) is 0 Å². The highest BCUT2D eigenvalue weighted by Gasteiger charge is 2.31. The molecule has 1 aromatic rings. The SMILES string of the molecule is Cc1ccc(C(=O)O)c(NCC2(O)CCCC2)c1. The Kier molecular flexibility index (Phi) is 3.57. The Hall–Kier alpha value is -1.55. The summed E-state index contributed by atoms with van der Waals surface area (Å²) in [4.78, 5) is 11.1. The molecule has 0 saturated heterocycles. The van der Waals surface area contributed by atoms with Gasteiger partial charge in [-0.1, -0.05) is 18.9 Å². The van der Waals surface area contributed by atoms with E-state index in [4.69, 9.17) is 5.11 Å². The normalized spacial score (nSPS) is 17.7. The van der Waals surface area contributed by atoms with Gasteiger partial charge in [-0.25, -0.2) is 4.79 Å². The fraction of sp³-hybridized carbons (Fsp3) is 0.500. The van der Waals surface area contributed by atoms with E-state index in [2.05, 4.69) is 5.32 Å². The van der Waals surface area contributed by atoms with Crippen LogP contribution in [0.4, 0.5) is 5.69 Å². The number of nitrogens with one attached hydrogen (secondary N) is 1. The molecule has 0 bridgehead atoms. The Morgan fingerprint density at radius 2 is 2.06 bits per heavy atom. The van der Waals surface area contributed by atoms with Gasteiger partial charge in [0.15, 0.2) is 0 Å². The Labute approximate surface area is 107 Å². The predicted octanol–water partition coefficient (Wildman–Crippen LogP) is 2.41. The minimum Gasteiger partial charge on any atom is -0.478 e. The molecular weight excluding hydrogens is 230 g/mol. The molecule has 1 saturated carbocycles. The molecule has 0 spiro atoms. The second-order valence-corrected chi connectivity index (χ2v) is 5.14. The fourth-order valence-electron chi connectivity index (χ4n) is 2.46. The third-order valence-electron chi connectivity index (χ3n) is 3.55. The number of carboxylic acid groups (broad SMARTS) is 1. The summed E-state index contributed by atoms with van der Waals surface area (Å²) in [7, 11) is 0. The fourth-order valence-corrected chi connectivity index (χ4v) is 2.46. The molecule has 18 heavy (non-hydrogen) atoms. The molecule has 0 aliphatic heterocycles. The lowest BCUT2D eigenvalue weighted by Gasteiger charge is -2.23. The van der Waals surface area contributed by atoms with Crippen LogP contribution in [0.15, 0.2) is 18.2 Å². The molecule has 4 nitrogen and oxygen atoms in total. The lowest BCUT2D eigenvalue weighted by molar-refractivity contribution is 0.0610. The first-order chi connectivity index (χ1) is 8.50. The van der Waals surface area contributed by atoms with Crippen LogP contribution in [0.25, 0.3) is 0 Å². The summed E-state index contributed by atoms with van der Waals surface area (Å²) < 4.78 is 0. The molecule has 0 heterocycles. The first-order valence-electron chi connectivity index (χ1n) is 6.30. The van der Waals surface area contributed by atoms with Crippen LogP contribution in [-0.2, 0) is 0 Å². The second-order valence-electron chi connectivity index (χ2n) is 5.14. The van der Waals surface area contributed by atoms with Crippen LogP contribution < -0.4 is 5.32 Å². The van der Waals surface area contributed by atoms with Crippen LogP contribution >= 0.6 is 0 Å². The van der Waals surface area contributed by atoms with Crippen molar-refractivity contribution < 1.29 is 15.0 Å². The molecule has 2 rings (SSSR count). The van der Waals surface area contributed by atoms with Gasteiger partial charge < -0.3 is 15.5 Å². The van der Waals surface area contributed by atoms with E-state index in [1.54, 1.807) is 12.1 Å². The molecular formula is C14H19NO3. The summed E-state index contributed by atoms with van der Waals surface area (Å²) in [5.41, 5.74) is 1.16. The summed E-state index contributed by atoms with van der Waals surface area (Å²) in [6.07, 6.45) is 3.65. The first kappa shape index (κ1) is 12.9. The second kappa shape index (κ2) is 4.98. The Morgan fingerprint density at radius 1 is 1.39 bits per heavy atom. The molecule has 98 valence electrons. The molecule has 0 aromatic heterocycles. The summed E-state index contributed by atoms with van der Waals surface area (Å²) in [5, 5.41) is 22.4. The highest BCUT2D eigenvalue weighted by Crippen LogP contribution is 2.30. The van der Waals surface area contributed by atoms with Crippen molar-refractivity contribution in [1.82, 2.24) is 0 Å². The number of carbonyl (C=O) groups is 1. The van der Waals surface area contributed by atoms with Crippen LogP contribution in [0.3, 0.4) is 0 Å². The van der Waals surface area contributed by atoms with Crippen LogP contribution in [0, 0.1) is 6.92 Å². The molecule has 1 aliphatic rings. The van der Waals surface area contributed by atoms with Gasteiger partial charge in [-0.15, -0.1) is 0 Å². The average Bonchev–Trinajstić information content (AvgIpc) is 2.74. The third-order valence-corrected chi connectivity index (χ3v) is 3.55. The molecule has 0 unspecified atom stereocenters. The number of anilines is 1. The average molecular weight is 249 g/mol. The van der Waals surface area contributed by atoms with Crippen molar-refractivity contribution in [2.45, 2.75) is 38.2 Å². The number of rotatable bonds is 4. The largest absolute Gasteiger partial charge is 0.478 e. The molecule has 3 N–H and O–H groups in total. The molecule has 0 radical (unpaired) electrons. The molecule has 1 aromatic carbocycles. The summed E-state index contributed by atoms with van der Waals surface area (Å²) in [6, 6.07) is 5.18. The van der Waals surface area contributed by atoms with Crippen LogP contribution in [-0.4, -0.2) is 28.3 Å². The Bertz CT molecular complexity index is 450. The zero-order chi connectivity index (χ0) is 13.2. The molecule has 0 atom stereocenters. The van der Waals surface area contributed by atoms with Crippen molar-refractivity contribution in [2.75, 3.05) is 11.9 Å². The number of benzene rings is 1. The van der Waals surface area contributed by atoms with Gasteiger partial charge in [0.2, 0.25) is 0 Å². The number of hydrogen-bond acceptors (Lipinski definition) is 3.